The molecule has 1 N–H and O–H groups in total. The van der Waals surface area contributed by atoms with Crippen LogP contribution in [0, 0.1) is 6.92 Å². The van der Waals surface area contributed by atoms with E-state index in [2.05, 4.69) is 9.97 Å². The van der Waals surface area contributed by atoms with E-state index in [0.29, 0.717) is 24.2 Å². The van der Waals surface area contributed by atoms with Crippen molar-refractivity contribution in [2.45, 2.75) is 31.3 Å². The molecule has 148 valence electrons. The lowest BCUT2D eigenvalue weighted by atomic mass is 9.83. The van der Waals surface area contributed by atoms with Crippen LogP contribution in [0.4, 0.5) is 0 Å². The molecule has 1 aliphatic heterocycles. The van der Waals surface area contributed by atoms with Gasteiger partial charge in [0.15, 0.2) is 5.60 Å². The fraction of sp³-hybridized carbons (Fsp3) is 0.292. The summed E-state index contributed by atoms with van der Waals surface area (Å²) >= 11 is 0. The summed E-state index contributed by atoms with van der Waals surface area (Å²) in [4.78, 5) is 24.3. The van der Waals surface area contributed by atoms with Crippen molar-refractivity contribution in [2.24, 2.45) is 0 Å². The van der Waals surface area contributed by atoms with Crippen LogP contribution in [-0.4, -0.2) is 39.0 Å². The Hall–Kier alpha value is -3.05. The van der Waals surface area contributed by atoms with Crippen LogP contribution in [0.3, 0.4) is 0 Å². The van der Waals surface area contributed by atoms with Gasteiger partial charge in [-0.25, -0.2) is 0 Å². The normalized spacial score (nSPS) is 17.2. The number of likely N-dealkylation sites (tertiary alicyclic amines) is 1. The number of aliphatic hydroxyl groups is 1. The number of hydrogen-bond acceptors (Lipinski definition) is 4. The molecular weight excluding hydrogens is 362 g/mol. The van der Waals surface area contributed by atoms with Gasteiger partial charge in [0.05, 0.1) is 11.4 Å². The molecule has 1 fully saturated rings. The molecule has 2 aromatic carbocycles. The first-order chi connectivity index (χ1) is 14.1. The topological polar surface area (TPSA) is 66.3 Å². The molecule has 2 heterocycles. The van der Waals surface area contributed by atoms with Gasteiger partial charge in [-0.1, -0.05) is 60.7 Å². The molecular formula is C24H25N3O2. The van der Waals surface area contributed by atoms with Crippen molar-refractivity contribution < 1.29 is 9.90 Å². The molecule has 5 nitrogen and oxygen atoms in total. The molecule has 1 atom stereocenters. The SMILES string of the molecule is Cc1cncc(C2CCCN(C(=O)C(O)(c3ccccc3)c3ccccc3)C2)n1. The molecule has 4 rings (SSSR count). The highest BCUT2D eigenvalue weighted by Crippen LogP contribution is 2.34. The number of aromatic nitrogens is 2. The summed E-state index contributed by atoms with van der Waals surface area (Å²) < 4.78 is 0. The van der Waals surface area contributed by atoms with E-state index in [0.717, 1.165) is 24.2 Å². The molecule has 3 aromatic rings. The van der Waals surface area contributed by atoms with Crippen LogP contribution in [-0.2, 0) is 10.4 Å². The Labute approximate surface area is 171 Å². The number of aryl methyl sites for hydroxylation is 1. The second kappa shape index (κ2) is 8.13. The molecule has 1 aromatic heterocycles. The average molecular weight is 387 g/mol. The molecule has 0 spiro atoms. The number of carbonyl (C=O) groups is 1. The zero-order valence-corrected chi connectivity index (χ0v) is 16.5. The van der Waals surface area contributed by atoms with Gasteiger partial charge in [0.2, 0.25) is 0 Å². The highest BCUT2D eigenvalue weighted by molar-refractivity contribution is 5.90. The van der Waals surface area contributed by atoms with Gasteiger partial charge in [-0.05, 0) is 30.9 Å². The largest absolute Gasteiger partial charge is 0.372 e. The number of nitrogens with zero attached hydrogens (tertiary/aromatic N) is 3. The van der Waals surface area contributed by atoms with Crippen molar-refractivity contribution in [1.82, 2.24) is 14.9 Å². The van der Waals surface area contributed by atoms with Gasteiger partial charge >= 0.3 is 0 Å². The van der Waals surface area contributed by atoms with Gasteiger partial charge < -0.3 is 10.0 Å². The minimum Gasteiger partial charge on any atom is -0.372 e. The Kier molecular flexibility index (Phi) is 5.41. The van der Waals surface area contributed by atoms with Gasteiger partial charge in [-0.3, -0.25) is 14.8 Å². The van der Waals surface area contributed by atoms with Crippen LogP contribution in [0.15, 0.2) is 73.1 Å². The maximum absolute atomic E-state index is 13.7. The van der Waals surface area contributed by atoms with Gasteiger partial charge in [-0.2, -0.15) is 0 Å². The molecule has 29 heavy (non-hydrogen) atoms. The molecule has 1 saturated heterocycles. The third-order valence-corrected chi connectivity index (χ3v) is 5.59. The van der Waals surface area contributed by atoms with Crippen molar-refractivity contribution in [3.63, 3.8) is 0 Å². The summed E-state index contributed by atoms with van der Waals surface area (Å²) in [6, 6.07) is 18.4. The zero-order chi connectivity index (χ0) is 20.3. The quantitative estimate of drug-likeness (QED) is 0.745. The van der Waals surface area contributed by atoms with Crippen molar-refractivity contribution in [3.05, 3.63) is 95.6 Å². The summed E-state index contributed by atoms with van der Waals surface area (Å²) in [7, 11) is 0. The number of piperidine rings is 1. The van der Waals surface area contributed by atoms with Crippen LogP contribution in [0.2, 0.25) is 0 Å². The predicted molar refractivity (Wildman–Crippen MR) is 111 cm³/mol. The van der Waals surface area contributed by atoms with Gasteiger partial charge in [0.25, 0.3) is 5.91 Å². The summed E-state index contributed by atoms with van der Waals surface area (Å²) in [6.45, 7) is 3.07. The first-order valence-electron chi connectivity index (χ1n) is 10.0. The Morgan fingerprint density at radius 1 is 1.03 bits per heavy atom. The number of rotatable bonds is 4. The molecule has 5 heteroatoms. The molecule has 0 saturated carbocycles. The Morgan fingerprint density at radius 3 is 2.24 bits per heavy atom. The van der Waals surface area contributed by atoms with E-state index in [9.17, 15) is 9.90 Å². The van der Waals surface area contributed by atoms with Crippen LogP contribution < -0.4 is 0 Å². The third-order valence-electron chi connectivity index (χ3n) is 5.59. The van der Waals surface area contributed by atoms with E-state index in [1.165, 1.54) is 0 Å². The summed E-state index contributed by atoms with van der Waals surface area (Å²) in [5.41, 5.74) is 1.21. The van der Waals surface area contributed by atoms with Crippen LogP contribution >= 0.6 is 0 Å². The highest BCUT2D eigenvalue weighted by Gasteiger charge is 2.43. The molecule has 1 aliphatic rings. The minimum absolute atomic E-state index is 0.121. The maximum Gasteiger partial charge on any atom is 0.263 e. The monoisotopic (exact) mass is 387 g/mol. The molecule has 1 unspecified atom stereocenters. The smallest absolute Gasteiger partial charge is 0.263 e. The standard InChI is InChI=1S/C24H25N3O2/c1-18-15-25-16-22(26-18)19-9-8-14-27(17-19)23(28)24(29,20-10-4-2-5-11-20)21-12-6-3-7-13-21/h2-7,10-13,15-16,19,29H,8-9,14,17H2,1H3. The van der Waals surface area contributed by atoms with E-state index < -0.39 is 5.60 Å². The van der Waals surface area contributed by atoms with Crippen molar-refractivity contribution in [2.75, 3.05) is 13.1 Å². The second-order valence-electron chi connectivity index (χ2n) is 7.62. The number of hydrogen-bond donors (Lipinski definition) is 1. The van der Waals surface area contributed by atoms with E-state index >= 15 is 0 Å². The fourth-order valence-electron chi connectivity index (χ4n) is 4.08. The van der Waals surface area contributed by atoms with E-state index in [-0.39, 0.29) is 11.8 Å². The Balaban J connectivity index is 1.68. The lowest BCUT2D eigenvalue weighted by molar-refractivity contribution is -0.149. The Morgan fingerprint density at radius 2 is 1.66 bits per heavy atom. The average Bonchev–Trinajstić information content (AvgIpc) is 2.79. The molecule has 1 amide bonds. The summed E-state index contributed by atoms with van der Waals surface area (Å²) in [6.07, 6.45) is 5.34. The number of benzene rings is 2. The number of carbonyl (C=O) groups excluding carboxylic acids is 1. The van der Waals surface area contributed by atoms with Gasteiger partial charge in [0, 0.05) is 31.4 Å². The second-order valence-corrected chi connectivity index (χ2v) is 7.62. The fourth-order valence-corrected chi connectivity index (χ4v) is 4.08. The third kappa shape index (κ3) is 3.78. The zero-order valence-electron chi connectivity index (χ0n) is 16.5. The maximum atomic E-state index is 13.7. The summed E-state index contributed by atoms with van der Waals surface area (Å²) in [5.74, 6) is -0.170. The van der Waals surface area contributed by atoms with Crippen LogP contribution in [0.5, 0.6) is 0 Å². The predicted octanol–water partition coefficient (Wildman–Crippen LogP) is 3.43. The lowest BCUT2D eigenvalue weighted by Crippen LogP contribution is -2.50. The van der Waals surface area contributed by atoms with Crippen molar-refractivity contribution in [1.29, 1.82) is 0 Å². The van der Waals surface area contributed by atoms with E-state index in [1.54, 1.807) is 41.6 Å². The molecule has 0 bridgehead atoms. The Bertz CT molecular complexity index is 936. The van der Waals surface area contributed by atoms with Crippen LogP contribution in [0.1, 0.15) is 41.3 Å². The lowest BCUT2D eigenvalue weighted by Gasteiger charge is -2.38. The van der Waals surface area contributed by atoms with Crippen LogP contribution in [0.25, 0.3) is 0 Å². The van der Waals surface area contributed by atoms with Gasteiger partial charge in [-0.15, -0.1) is 0 Å². The van der Waals surface area contributed by atoms with E-state index in [1.807, 2.05) is 43.3 Å². The van der Waals surface area contributed by atoms with E-state index in [4.69, 9.17) is 0 Å². The number of amides is 1. The molecule has 0 radical (unpaired) electrons. The summed E-state index contributed by atoms with van der Waals surface area (Å²) in [5, 5.41) is 11.8. The first kappa shape index (κ1) is 19.3. The highest BCUT2D eigenvalue weighted by atomic mass is 16.3. The van der Waals surface area contributed by atoms with Crippen molar-refractivity contribution in [3.8, 4) is 0 Å². The minimum atomic E-state index is -1.72. The van der Waals surface area contributed by atoms with Crippen molar-refractivity contribution >= 4 is 5.91 Å². The first-order valence-corrected chi connectivity index (χ1v) is 10.0. The van der Waals surface area contributed by atoms with Gasteiger partial charge in [0.1, 0.15) is 0 Å². The molecule has 0 aliphatic carbocycles.